The maximum atomic E-state index is 11.8. The monoisotopic (exact) mass is 319 g/mol. The highest BCUT2D eigenvalue weighted by Crippen LogP contribution is 2.19. The Hall–Kier alpha value is -1.62. The van der Waals surface area contributed by atoms with Crippen LogP contribution in [0, 0.1) is 0 Å². The van der Waals surface area contributed by atoms with Gasteiger partial charge in [-0.2, -0.15) is 5.10 Å². The first-order valence-electron chi connectivity index (χ1n) is 6.28. The number of nitrogens with one attached hydrogen (secondary N) is 1. The summed E-state index contributed by atoms with van der Waals surface area (Å²) in [5, 5.41) is 7.19. The van der Waals surface area contributed by atoms with Crippen LogP contribution in [0.1, 0.15) is 28.8 Å². The SMILES string of the molecule is O=C(NC1CC1)c1ccc(Cn2cc(Br)cn2)cc1. The summed E-state index contributed by atoms with van der Waals surface area (Å²) in [6.07, 6.45) is 5.90. The van der Waals surface area contributed by atoms with Gasteiger partial charge in [0.05, 0.1) is 17.2 Å². The van der Waals surface area contributed by atoms with Crippen LogP contribution in [0.5, 0.6) is 0 Å². The van der Waals surface area contributed by atoms with Crippen molar-refractivity contribution in [3.05, 3.63) is 52.3 Å². The van der Waals surface area contributed by atoms with Crippen molar-refractivity contribution in [3.63, 3.8) is 0 Å². The van der Waals surface area contributed by atoms with Gasteiger partial charge in [0.2, 0.25) is 0 Å². The van der Waals surface area contributed by atoms with Crippen molar-refractivity contribution in [1.29, 1.82) is 0 Å². The molecule has 1 fully saturated rings. The first-order valence-corrected chi connectivity index (χ1v) is 7.08. The van der Waals surface area contributed by atoms with Gasteiger partial charge in [0.15, 0.2) is 0 Å². The molecule has 1 aliphatic rings. The zero-order valence-electron chi connectivity index (χ0n) is 10.3. The molecule has 0 saturated heterocycles. The number of aromatic nitrogens is 2. The number of amides is 1. The summed E-state index contributed by atoms with van der Waals surface area (Å²) in [6.45, 7) is 0.704. The predicted octanol–water partition coefficient (Wildman–Crippen LogP) is 2.59. The second-order valence-corrected chi connectivity index (χ2v) is 5.72. The molecule has 0 spiro atoms. The summed E-state index contributed by atoms with van der Waals surface area (Å²) in [6, 6.07) is 8.07. The average Bonchev–Trinajstić information content (AvgIpc) is 3.12. The highest BCUT2D eigenvalue weighted by molar-refractivity contribution is 9.10. The predicted molar refractivity (Wildman–Crippen MR) is 76.0 cm³/mol. The molecule has 2 aromatic rings. The molecule has 0 bridgehead atoms. The Bertz CT molecular complexity index is 587. The largest absolute Gasteiger partial charge is 0.349 e. The van der Waals surface area contributed by atoms with E-state index in [-0.39, 0.29) is 5.91 Å². The molecule has 4 nitrogen and oxygen atoms in total. The lowest BCUT2D eigenvalue weighted by Gasteiger charge is -2.05. The van der Waals surface area contributed by atoms with E-state index < -0.39 is 0 Å². The quantitative estimate of drug-likeness (QED) is 0.941. The molecular weight excluding hydrogens is 306 g/mol. The minimum absolute atomic E-state index is 0.0240. The minimum atomic E-state index is 0.0240. The van der Waals surface area contributed by atoms with Gasteiger partial charge in [-0.3, -0.25) is 9.48 Å². The van der Waals surface area contributed by atoms with Gasteiger partial charge >= 0.3 is 0 Å². The van der Waals surface area contributed by atoms with E-state index >= 15 is 0 Å². The molecule has 1 N–H and O–H groups in total. The van der Waals surface area contributed by atoms with Crippen LogP contribution in [0.25, 0.3) is 0 Å². The Morgan fingerprint density at radius 3 is 2.68 bits per heavy atom. The fraction of sp³-hybridized carbons (Fsp3) is 0.286. The Morgan fingerprint density at radius 2 is 2.11 bits per heavy atom. The number of hydrogen-bond acceptors (Lipinski definition) is 2. The summed E-state index contributed by atoms with van der Waals surface area (Å²) < 4.78 is 2.82. The van der Waals surface area contributed by atoms with E-state index in [1.165, 1.54) is 0 Å². The maximum absolute atomic E-state index is 11.8. The smallest absolute Gasteiger partial charge is 0.251 e. The fourth-order valence-electron chi connectivity index (χ4n) is 1.87. The summed E-state index contributed by atoms with van der Waals surface area (Å²) in [5.41, 5.74) is 1.84. The topological polar surface area (TPSA) is 46.9 Å². The molecule has 0 radical (unpaired) electrons. The van der Waals surface area contributed by atoms with Gasteiger partial charge < -0.3 is 5.32 Å². The lowest BCUT2D eigenvalue weighted by atomic mass is 10.1. The molecule has 5 heteroatoms. The van der Waals surface area contributed by atoms with Crippen molar-refractivity contribution in [1.82, 2.24) is 15.1 Å². The van der Waals surface area contributed by atoms with Crippen LogP contribution in [-0.4, -0.2) is 21.7 Å². The van der Waals surface area contributed by atoms with Gasteiger partial charge in [0.25, 0.3) is 5.91 Å². The van der Waals surface area contributed by atoms with Crippen molar-refractivity contribution in [2.45, 2.75) is 25.4 Å². The molecule has 1 saturated carbocycles. The molecule has 1 aromatic heterocycles. The number of benzene rings is 1. The summed E-state index contributed by atoms with van der Waals surface area (Å²) in [5.74, 6) is 0.0240. The number of carbonyl (C=O) groups excluding carboxylic acids is 1. The number of rotatable bonds is 4. The van der Waals surface area contributed by atoms with E-state index in [0.29, 0.717) is 12.6 Å². The molecule has 98 valence electrons. The van der Waals surface area contributed by atoms with Crippen LogP contribution in [0.3, 0.4) is 0 Å². The van der Waals surface area contributed by atoms with Crippen molar-refractivity contribution < 1.29 is 4.79 Å². The Morgan fingerprint density at radius 1 is 1.37 bits per heavy atom. The van der Waals surface area contributed by atoms with Crippen LogP contribution in [0.15, 0.2) is 41.1 Å². The first-order chi connectivity index (χ1) is 9.20. The maximum Gasteiger partial charge on any atom is 0.251 e. The summed E-state index contributed by atoms with van der Waals surface area (Å²) >= 11 is 3.37. The van der Waals surface area contributed by atoms with Gasteiger partial charge in [-0.15, -0.1) is 0 Å². The lowest BCUT2D eigenvalue weighted by Crippen LogP contribution is -2.25. The molecule has 0 aliphatic heterocycles. The van der Waals surface area contributed by atoms with Gasteiger partial charge in [-0.25, -0.2) is 0 Å². The van der Waals surface area contributed by atoms with Crippen LogP contribution in [-0.2, 0) is 6.54 Å². The van der Waals surface area contributed by atoms with Crippen LogP contribution in [0.2, 0.25) is 0 Å². The summed E-state index contributed by atoms with van der Waals surface area (Å²) in [7, 11) is 0. The molecule has 3 rings (SSSR count). The van der Waals surface area contributed by atoms with Gasteiger partial charge in [-0.05, 0) is 46.5 Å². The zero-order valence-corrected chi connectivity index (χ0v) is 11.9. The van der Waals surface area contributed by atoms with E-state index in [9.17, 15) is 4.79 Å². The second kappa shape index (κ2) is 5.17. The van der Waals surface area contributed by atoms with E-state index in [1.54, 1.807) is 6.20 Å². The summed E-state index contributed by atoms with van der Waals surface area (Å²) in [4.78, 5) is 11.8. The number of nitrogens with zero attached hydrogens (tertiary/aromatic N) is 2. The second-order valence-electron chi connectivity index (χ2n) is 4.80. The molecule has 1 heterocycles. The number of carbonyl (C=O) groups is 1. The third-order valence-corrected chi connectivity index (χ3v) is 3.48. The first kappa shape index (κ1) is 12.4. The number of hydrogen-bond donors (Lipinski definition) is 1. The fourth-order valence-corrected chi connectivity index (χ4v) is 2.20. The standard InChI is InChI=1S/C14H14BrN3O/c15-12-7-16-18(9-12)8-10-1-3-11(4-2-10)14(19)17-13-5-6-13/h1-4,7,9,13H,5-6,8H2,(H,17,19). The van der Waals surface area contributed by atoms with Crippen molar-refractivity contribution in [2.24, 2.45) is 0 Å². The Balaban J connectivity index is 1.66. The van der Waals surface area contributed by atoms with Crippen LogP contribution < -0.4 is 5.32 Å². The highest BCUT2D eigenvalue weighted by Gasteiger charge is 2.23. The third-order valence-electron chi connectivity index (χ3n) is 3.07. The average molecular weight is 320 g/mol. The van der Waals surface area contributed by atoms with E-state index in [1.807, 2.05) is 35.1 Å². The molecule has 0 unspecified atom stereocenters. The highest BCUT2D eigenvalue weighted by atomic mass is 79.9. The Kier molecular flexibility index (Phi) is 3.38. The minimum Gasteiger partial charge on any atom is -0.349 e. The molecular formula is C14H14BrN3O. The molecule has 0 atom stereocenters. The van der Waals surface area contributed by atoms with E-state index in [4.69, 9.17) is 0 Å². The zero-order chi connectivity index (χ0) is 13.2. The van der Waals surface area contributed by atoms with E-state index in [2.05, 4.69) is 26.3 Å². The van der Waals surface area contributed by atoms with Crippen molar-refractivity contribution in [2.75, 3.05) is 0 Å². The van der Waals surface area contributed by atoms with E-state index in [0.717, 1.165) is 28.4 Å². The molecule has 19 heavy (non-hydrogen) atoms. The third kappa shape index (κ3) is 3.23. The Labute approximate surface area is 119 Å². The number of halogens is 1. The van der Waals surface area contributed by atoms with Crippen LogP contribution >= 0.6 is 15.9 Å². The van der Waals surface area contributed by atoms with Gasteiger partial charge in [-0.1, -0.05) is 12.1 Å². The van der Waals surface area contributed by atoms with Gasteiger partial charge in [0, 0.05) is 17.8 Å². The van der Waals surface area contributed by atoms with Crippen molar-refractivity contribution >= 4 is 21.8 Å². The van der Waals surface area contributed by atoms with Gasteiger partial charge in [0.1, 0.15) is 0 Å². The lowest BCUT2D eigenvalue weighted by molar-refractivity contribution is 0.0951. The van der Waals surface area contributed by atoms with Crippen LogP contribution in [0.4, 0.5) is 0 Å². The molecule has 1 aromatic carbocycles. The normalized spacial score (nSPS) is 14.4. The van der Waals surface area contributed by atoms with Crippen molar-refractivity contribution in [3.8, 4) is 0 Å². The molecule has 1 aliphatic carbocycles. The molecule has 1 amide bonds.